The molecule has 0 spiro atoms. The summed E-state index contributed by atoms with van der Waals surface area (Å²) in [6.07, 6.45) is 3.65. The molecule has 0 amide bonds. The number of nitrogens with one attached hydrogen (secondary N) is 1. The number of aromatic nitrogens is 3. The molecule has 5 heteroatoms. The van der Waals surface area contributed by atoms with Crippen LogP contribution in [0.25, 0.3) is 0 Å². The molecule has 4 nitrogen and oxygen atoms in total. The van der Waals surface area contributed by atoms with Gasteiger partial charge in [-0.1, -0.05) is 30.3 Å². The number of hydrogen-bond donors (Lipinski definition) is 1. The average Bonchev–Trinajstić information content (AvgIpc) is 3.06. The summed E-state index contributed by atoms with van der Waals surface area (Å²) in [5.74, 6) is 1.64. The van der Waals surface area contributed by atoms with Gasteiger partial charge in [0.2, 0.25) is 5.95 Å². The first-order chi connectivity index (χ1) is 9.83. The van der Waals surface area contributed by atoms with Crippen molar-refractivity contribution < 1.29 is 0 Å². The van der Waals surface area contributed by atoms with E-state index in [1.807, 2.05) is 0 Å². The number of benzene rings is 1. The summed E-state index contributed by atoms with van der Waals surface area (Å²) < 4.78 is 2.98. The van der Waals surface area contributed by atoms with Crippen molar-refractivity contribution >= 4 is 18.2 Å². The first-order valence-corrected chi connectivity index (χ1v) is 7.70. The Kier molecular flexibility index (Phi) is 2.88. The highest BCUT2D eigenvalue weighted by Gasteiger charge is 2.32. The standard InChI is InChI=1S/C15H18N4S/c20-15-17-16-14(19(15)13-6-7-13)18-9-8-12(10-18)11-4-2-1-3-5-11/h1-5,12-13H,6-10H2,(H,17,20). The third-order valence-corrected chi connectivity index (χ3v) is 4.63. The summed E-state index contributed by atoms with van der Waals surface area (Å²) in [4.78, 5) is 2.38. The van der Waals surface area contributed by atoms with Crippen LogP contribution in [-0.2, 0) is 0 Å². The van der Waals surface area contributed by atoms with Crippen molar-refractivity contribution in [1.82, 2.24) is 14.8 Å². The van der Waals surface area contributed by atoms with Gasteiger partial charge in [-0.3, -0.25) is 4.57 Å². The smallest absolute Gasteiger partial charge is 0.226 e. The third kappa shape index (κ3) is 2.06. The Hall–Kier alpha value is -1.62. The molecule has 104 valence electrons. The van der Waals surface area contributed by atoms with Gasteiger partial charge in [0.1, 0.15) is 0 Å². The number of hydrogen-bond acceptors (Lipinski definition) is 3. The molecule has 1 saturated carbocycles. The van der Waals surface area contributed by atoms with Crippen LogP contribution in [0.5, 0.6) is 0 Å². The Balaban J connectivity index is 1.58. The maximum atomic E-state index is 5.37. The van der Waals surface area contributed by atoms with Crippen LogP contribution in [0.15, 0.2) is 30.3 Å². The largest absolute Gasteiger partial charge is 0.340 e. The predicted molar refractivity (Wildman–Crippen MR) is 81.7 cm³/mol. The highest BCUT2D eigenvalue weighted by atomic mass is 32.1. The fourth-order valence-electron chi connectivity index (χ4n) is 3.12. The van der Waals surface area contributed by atoms with Crippen molar-refractivity contribution in [3.63, 3.8) is 0 Å². The first-order valence-electron chi connectivity index (χ1n) is 7.30. The molecule has 0 radical (unpaired) electrons. The van der Waals surface area contributed by atoms with E-state index in [0.717, 1.165) is 23.8 Å². The van der Waals surface area contributed by atoms with E-state index < -0.39 is 0 Å². The number of rotatable bonds is 3. The second-order valence-corrected chi connectivity index (χ2v) is 6.16. The minimum Gasteiger partial charge on any atom is -0.340 e. The van der Waals surface area contributed by atoms with E-state index in [1.54, 1.807) is 0 Å². The molecule has 1 saturated heterocycles. The molecule has 2 aliphatic rings. The van der Waals surface area contributed by atoms with Crippen molar-refractivity contribution in [1.29, 1.82) is 0 Å². The molecule has 1 N–H and O–H groups in total. The Labute approximate surface area is 123 Å². The minimum absolute atomic E-state index is 0.576. The normalized spacial score (nSPS) is 22.4. The molecule has 1 aromatic carbocycles. The van der Waals surface area contributed by atoms with E-state index in [1.165, 1.54) is 24.8 Å². The quantitative estimate of drug-likeness (QED) is 0.880. The fourth-order valence-corrected chi connectivity index (χ4v) is 3.40. The molecule has 2 heterocycles. The molecule has 20 heavy (non-hydrogen) atoms. The van der Waals surface area contributed by atoms with Gasteiger partial charge < -0.3 is 4.90 Å². The van der Waals surface area contributed by atoms with Crippen molar-refractivity contribution in [3.05, 3.63) is 40.7 Å². The predicted octanol–water partition coefficient (Wildman–Crippen LogP) is 3.27. The highest BCUT2D eigenvalue weighted by molar-refractivity contribution is 7.71. The Morgan fingerprint density at radius 2 is 1.95 bits per heavy atom. The number of nitrogens with zero attached hydrogens (tertiary/aromatic N) is 3. The average molecular weight is 286 g/mol. The lowest BCUT2D eigenvalue weighted by atomic mass is 9.99. The Morgan fingerprint density at radius 3 is 2.70 bits per heavy atom. The van der Waals surface area contributed by atoms with Gasteiger partial charge in [-0.05, 0) is 37.0 Å². The summed E-state index contributed by atoms with van der Waals surface area (Å²) in [7, 11) is 0. The molecule has 0 bridgehead atoms. The van der Waals surface area contributed by atoms with E-state index in [4.69, 9.17) is 12.2 Å². The summed E-state index contributed by atoms with van der Waals surface area (Å²) in [5.41, 5.74) is 1.43. The summed E-state index contributed by atoms with van der Waals surface area (Å²) >= 11 is 5.37. The third-order valence-electron chi connectivity index (χ3n) is 4.34. The molecular formula is C15H18N4S. The maximum absolute atomic E-state index is 5.37. The Bertz CT molecular complexity index is 656. The van der Waals surface area contributed by atoms with E-state index in [9.17, 15) is 0 Å². The van der Waals surface area contributed by atoms with Gasteiger partial charge in [0.15, 0.2) is 4.77 Å². The van der Waals surface area contributed by atoms with E-state index in [2.05, 4.69) is 50.0 Å². The highest BCUT2D eigenvalue weighted by Crippen LogP contribution is 2.39. The van der Waals surface area contributed by atoms with Gasteiger partial charge in [0.25, 0.3) is 0 Å². The molecule has 4 rings (SSSR count). The van der Waals surface area contributed by atoms with Crippen molar-refractivity contribution in [3.8, 4) is 0 Å². The molecule has 2 fully saturated rings. The van der Waals surface area contributed by atoms with E-state index >= 15 is 0 Å². The van der Waals surface area contributed by atoms with Crippen LogP contribution in [-0.4, -0.2) is 27.9 Å². The molecule has 1 atom stereocenters. The van der Waals surface area contributed by atoms with Crippen molar-refractivity contribution in [2.75, 3.05) is 18.0 Å². The second-order valence-electron chi connectivity index (χ2n) is 5.77. The van der Waals surface area contributed by atoms with E-state index in [0.29, 0.717) is 12.0 Å². The summed E-state index contributed by atoms with van der Waals surface area (Å²) in [6.45, 7) is 2.10. The molecule has 1 unspecified atom stereocenters. The molecule has 2 aromatic rings. The number of aromatic amines is 1. The van der Waals surface area contributed by atoms with Crippen molar-refractivity contribution in [2.24, 2.45) is 0 Å². The molecule has 1 aliphatic heterocycles. The monoisotopic (exact) mass is 286 g/mol. The molecule has 1 aromatic heterocycles. The van der Waals surface area contributed by atoms with Crippen LogP contribution in [0.4, 0.5) is 5.95 Å². The Morgan fingerprint density at radius 1 is 1.15 bits per heavy atom. The summed E-state index contributed by atoms with van der Waals surface area (Å²) in [6, 6.07) is 11.4. The van der Waals surface area contributed by atoms with Gasteiger partial charge in [-0.25, -0.2) is 5.10 Å². The molecule has 1 aliphatic carbocycles. The minimum atomic E-state index is 0.576. The van der Waals surface area contributed by atoms with Gasteiger partial charge in [-0.15, -0.1) is 5.10 Å². The van der Waals surface area contributed by atoms with Crippen LogP contribution in [0.3, 0.4) is 0 Å². The summed E-state index contributed by atoms with van der Waals surface area (Å²) in [5, 5.41) is 7.42. The van der Waals surface area contributed by atoms with Crippen LogP contribution >= 0.6 is 12.2 Å². The van der Waals surface area contributed by atoms with Gasteiger partial charge in [0, 0.05) is 25.0 Å². The zero-order chi connectivity index (χ0) is 13.5. The number of H-pyrrole nitrogens is 1. The molecular weight excluding hydrogens is 268 g/mol. The second kappa shape index (κ2) is 4.74. The van der Waals surface area contributed by atoms with Gasteiger partial charge >= 0.3 is 0 Å². The van der Waals surface area contributed by atoms with Gasteiger partial charge in [-0.2, -0.15) is 0 Å². The van der Waals surface area contributed by atoms with Crippen LogP contribution in [0.1, 0.15) is 36.8 Å². The fraction of sp³-hybridized carbons (Fsp3) is 0.467. The lowest BCUT2D eigenvalue weighted by Crippen LogP contribution is -2.23. The van der Waals surface area contributed by atoms with E-state index in [-0.39, 0.29) is 0 Å². The maximum Gasteiger partial charge on any atom is 0.226 e. The van der Waals surface area contributed by atoms with Gasteiger partial charge in [0.05, 0.1) is 0 Å². The van der Waals surface area contributed by atoms with Crippen LogP contribution in [0.2, 0.25) is 0 Å². The first kappa shape index (κ1) is 12.1. The zero-order valence-corrected chi connectivity index (χ0v) is 12.1. The lowest BCUT2D eigenvalue weighted by Gasteiger charge is -2.18. The zero-order valence-electron chi connectivity index (χ0n) is 11.3. The number of anilines is 1. The lowest BCUT2D eigenvalue weighted by molar-refractivity contribution is 0.701. The van der Waals surface area contributed by atoms with Crippen molar-refractivity contribution in [2.45, 2.75) is 31.2 Å². The SMILES string of the molecule is S=c1[nH]nc(N2CCC(c3ccccc3)C2)n1C1CC1. The topological polar surface area (TPSA) is 36.9 Å². The van der Waals surface area contributed by atoms with Crippen LogP contribution < -0.4 is 4.90 Å². The van der Waals surface area contributed by atoms with Crippen LogP contribution in [0, 0.1) is 4.77 Å².